The van der Waals surface area contributed by atoms with Crippen LogP contribution in [0.15, 0.2) is 72.5 Å². The summed E-state index contributed by atoms with van der Waals surface area (Å²) in [5.74, 6) is 0.769. The van der Waals surface area contributed by atoms with Crippen LogP contribution in [0.4, 0.5) is 4.39 Å². The number of ether oxygens (including phenoxy) is 2. The van der Waals surface area contributed by atoms with Crippen LogP contribution in [0.1, 0.15) is 27.0 Å². The number of rotatable bonds is 4. The Kier molecular flexibility index (Phi) is 4.47. The molecule has 0 aromatic heterocycles. The molecule has 3 nitrogen and oxygen atoms in total. The summed E-state index contributed by atoms with van der Waals surface area (Å²) in [6.45, 7) is 2.11. The summed E-state index contributed by atoms with van der Waals surface area (Å²) in [5.41, 5.74) is 3.00. The van der Waals surface area contributed by atoms with Crippen molar-refractivity contribution in [3.63, 3.8) is 0 Å². The van der Waals surface area contributed by atoms with Crippen molar-refractivity contribution in [2.45, 2.75) is 13.5 Å². The van der Waals surface area contributed by atoms with Crippen molar-refractivity contribution in [3.8, 4) is 11.5 Å². The Morgan fingerprint density at radius 1 is 1.04 bits per heavy atom. The van der Waals surface area contributed by atoms with Gasteiger partial charge in [0.1, 0.15) is 23.9 Å². The first-order chi connectivity index (χ1) is 13.1. The molecule has 0 N–H and O–H groups in total. The van der Waals surface area contributed by atoms with Gasteiger partial charge >= 0.3 is 0 Å². The number of halogens is 1. The summed E-state index contributed by atoms with van der Waals surface area (Å²) in [5, 5.41) is 0. The van der Waals surface area contributed by atoms with Crippen LogP contribution in [0.3, 0.4) is 0 Å². The number of allylic oxidation sites excluding steroid dienone is 1. The van der Waals surface area contributed by atoms with Crippen LogP contribution in [0.5, 0.6) is 11.5 Å². The van der Waals surface area contributed by atoms with E-state index in [-0.39, 0.29) is 24.0 Å². The molecule has 27 heavy (non-hydrogen) atoms. The highest BCUT2D eigenvalue weighted by atomic mass is 19.1. The van der Waals surface area contributed by atoms with E-state index in [2.05, 4.69) is 0 Å². The topological polar surface area (TPSA) is 35.5 Å². The molecular weight excluding hydrogens is 343 g/mol. The standard InChI is InChI=1S/C23H17FO3/c1-15-6-8-16(9-7-15)12-22-23(25)19-11-10-18(13-21(19)27-22)26-14-17-4-2-3-5-20(17)24/h2-13H,14H2,1H3/b22-12-. The minimum atomic E-state index is -0.312. The number of hydrogen-bond donors (Lipinski definition) is 0. The van der Waals surface area contributed by atoms with Crippen molar-refractivity contribution in [1.82, 2.24) is 0 Å². The zero-order valence-electron chi connectivity index (χ0n) is 14.7. The van der Waals surface area contributed by atoms with Crippen LogP contribution in [-0.4, -0.2) is 5.78 Å². The Labute approximate surface area is 156 Å². The van der Waals surface area contributed by atoms with Crippen molar-refractivity contribution < 1.29 is 18.7 Å². The number of carbonyl (C=O) groups is 1. The second-order valence-electron chi connectivity index (χ2n) is 6.39. The molecule has 4 rings (SSSR count). The first-order valence-electron chi connectivity index (χ1n) is 8.61. The molecule has 1 aliphatic heterocycles. The third-order valence-corrected chi connectivity index (χ3v) is 4.37. The number of carbonyl (C=O) groups excluding carboxylic acids is 1. The summed E-state index contributed by atoms with van der Waals surface area (Å²) in [6, 6.07) is 19.3. The van der Waals surface area contributed by atoms with Gasteiger partial charge in [-0.1, -0.05) is 48.0 Å². The largest absolute Gasteiger partial charge is 0.489 e. The van der Waals surface area contributed by atoms with Crippen molar-refractivity contribution in [3.05, 3.63) is 101 Å². The average Bonchev–Trinajstić information content (AvgIpc) is 2.98. The first-order valence-corrected chi connectivity index (χ1v) is 8.61. The maximum Gasteiger partial charge on any atom is 0.231 e. The molecule has 0 bridgehead atoms. The highest BCUT2D eigenvalue weighted by Gasteiger charge is 2.27. The Morgan fingerprint density at radius 3 is 2.59 bits per heavy atom. The molecule has 4 heteroatoms. The maximum absolute atomic E-state index is 13.7. The van der Waals surface area contributed by atoms with Gasteiger partial charge < -0.3 is 9.47 Å². The van der Waals surface area contributed by atoms with Crippen molar-refractivity contribution in [2.75, 3.05) is 0 Å². The van der Waals surface area contributed by atoms with Gasteiger partial charge in [0, 0.05) is 11.6 Å². The van der Waals surface area contributed by atoms with Crippen LogP contribution in [-0.2, 0) is 6.61 Å². The van der Waals surface area contributed by atoms with Crippen molar-refractivity contribution in [2.24, 2.45) is 0 Å². The van der Waals surface area contributed by atoms with Crippen LogP contribution in [0.2, 0.25) is 0 Å². The number of aryl methyl sites for hydroxylation is 1. The Balaban J connectivity index is 1.52. The van der Waals surface area contributed by atoms with Gasteiger partial charge in [0.25, 0.3) is 0 Å². The quantitative estimate of drug-likeness (QED) is 0.590. The molecule has 0 unspecified atom stereocenters. The van der Waals surface area contributed by atoms with Crippen molar-refractivity contribution >= 4 is 11.9 Å². The van der Waals surface area contributed by atoms with Gasteiger partial charge in [0.05, 0.1) is 5.56 Å². The zero-order valence-corrected chi connectivity index (χ0v) is 14.7. The van der Waals surface area contributed by atoms with Crippen molar-refractivity contribution in [1.29, 1.82) is 0 Å². The molecule has 1 aliphatic rings. The summed E-state index contributed by atoms with van der Waals surface area (Å²) in [7, 11) is 0. The third kappa shape index (κ3) is 3.60. The minimum absolute atomic E-state index is 0.103. The number of Topliss-reactive ketones (excluding diaryl/α,β-unsaturated/α-hetero) is 1. The smallest absolute Gasteiger partial charge is 0.231 e. The predicted octanol–water partition coefficient (Wildman–Crippen LogP) is 5.33. The molecule has 0 aliphatic carbocycles. The van der Waals surface area contributed by atoms with E-state index in [1.54, 1.807) is 42.5 Å². The minimum Gasteiger partial charge on any atom is -0.489 e. The molecule has 0 saturated heterocycles. The van der Waals surface area contributed by atoms with Crippen LogP contribution < -0.4 is 9.47 Å². The lowest BCUT2D eigenvalue weighted by molar-refractivity contribution is 0.101. The Hall–Kier alpha value is -3.40. The normalized spacial score (nSPS) is 14.1. The van der Waals surface area contributed by atoms with E-state index in [0.29, 0.717) is 22.6 Å². The van der Waals surface area contributed by atoms with E-state index >= 15 is 0 Å². The fourth-order valence-corrected chi connectivity index (χ4v) is 2.85. The zero-order chi connectivity index (χ0) is 18.8. The van der Waals surface area contributed by atoms with Gasteiger partial charge in [-0.05, 0) is 36.8 Å². The number of hydrogen-bond acceptors (Lipinski definition) is 3. The molecule has 1 heterocycles. The van der Waals surface area contributed by atoms with Crippen LogP contribution in [0.25, 0.3) is 6.08 Å². The molecule has 134 valence electrons. The lowest BCUT2D eigenvalue weighted by Crippen LogP contribution is -1.98. The summed E-state index contributed by atoms with van der Waals surface area (Å²) in [4.78, 5) is 12.5. The Morgan fingerprint density at radius 2 is 1.81 bits per heavy atom. The van der Waals surface area contributed by atoms with E-state index in [1.165, 1.54) is 6.07 Å². The molecule has 0 saturated carbocycles. The lowest BCUT2D eigenvalue weighted by atomic mass is 10.1. The maximum atomic E-state index is 13.7. The molecular formula is C23H17FO3. The van der Waals surface area contributed by atoms with E-state index in [1.807, 2.05) is 31.2 Å². The van der Waals surface area contributed by atoms with E-state index < -0.39 is 0 Å². The fraction of sp³-hybridized carbons (Fsp3) is 0.0870. The SMILES string of the molecule is Cc1ccc(/C=C2\Oc3cc(OCc4ccccc4F)ccc3C2=O)cc1. The van der Waals surface area contributed by atoms with E-state index in [9.17, 15) is 9.18 Å². The van der Waals surface area contributed by atoms with Gasteiger partial charge in [0.2, 0.25) is 5.78 Å². The molecule has 0 spiro atoms. The molecule has 3 aromatic rings. The molecule has 3 aromatic carbocycles. The van der Waals surface area contributed by atoms with Gasteiger partial charge in [-0.15, -0.1) is 0 Å². The number of ketones is 1. The lowest BCUT2D eigenvalue weighted by Gasteiger charge is -2.08. The fourth-order valence-electron chi connectivity index (χ4n) is 2.85. The average molecular weight is 360 g/mol. The number of fused-ring (bicyclic) bond motifs is 1. The molecule has 0 amide bonds. The van der Waals surface area contributed by atoms with Gasteiger partial charge in [0.15, 0.2) is 5.76 Å². The van der Waals surface area contributed by atoms with Crippen LogP contribution in [0, 0.1) is 12.7 Å². The molecule has 0 atom stereocenters. The van der Waals surface area contributed by atoms with Crippen LogP contribution >= 0.6 is 0 Å². The molecule has 0 fully saturated rings. The number of benzene rings is 3. The second-order valence-corrected chi connectivity index (χ2v) is 6.39. The monoisotopic (exact) mass is 360 g/mol. The molecule has 0 radical (unpaired) electrons. The van der Waals surface area contributed by atoms with Gasteiger partial charge in [-0.2, -0.15) is 0 Å². The summed E-state index contributed by atoms with van der Waals surface area (Å²) < 4.78 is 25.1. The van der Waals surface area contributed by atoms with E-state index in [0.717, 1.165) is 11.1 Å². The third-order valence-electron chi connectivity index (χ3n) is 4.37. The van der Waals surface area contributed by atoms with E-state index in [4.69, 9.17) is 9.47 Å². The van der Waals surface area contributed by atoms with Gasteiger partial charge in [-0.25, -0.2) is 4.39 Å². The summed E-state index contributed by atoms with van der Waals surface area (Å²) >= 11 is 0. The highest BCUT2D eigenvalue weighted by molar-refractivity contribution is 6.14. The van der Waals surface area contributed by atoms with Gasteiger partial charge in [-0.3, -0.25) is 4.79 Å². The first kappa shape index (κ1) is 17.0. The summed E-state index contributed by atoms with van der Waals surface area (Å²) in [6.07, 6.45) is 1.72. The Bertz CT molecular complexity index is 1040. The highest BCUT2D eigenvalue weighted by Crippen LogP contribution is 2.35. The predicted molar refractivity (Wildman–Crippen MR) is 101 cm³/mol. The second kappa shape index (κ2) is 7.08.